The molecule has 0 fully saturated rings. The molecule has 1 N–H and O–H groups in total. The number of rotatable bonds is 7. The van der Waals surface area contributed by atoms with E-state index in [0.29, 0.717) is 26.1 Å². The van der Waals surface area contributed by atoms with Crippen LogP contribution in [0.5, 0.6) is 0 Å². The van der Waals surface area contributed by atoms with E-state index in [4.69, 9.17) is 5.11 Å². The van der Waals surface area contributed by atoms with Gasteiger partial charge in [0.2, 0.25) is 0 Å². The number of carbonyl (C=O) groups excluding carboxylic acids is 1. The molecule has 6 nitrogen and oxygen atoms in total. The van der Waals surface area contributed by atoms with Crippen molar-refractivity contribution in [1.29, 1.82) is 0 Å². The van der Waals surface area contributed by atoms with Crippen molar-refractivity contribution >= 4 is 11.9 Å². The van der Waals surface area contributed by atoms with Crippen molar-refractivity contribution in [3.8, 4) is 0 Å². The minimum absolute atomic E-state index is 0.202. The van der Waals surface area contributed by atoms with E-state index < -0.39 is 5.97 Å². The molecule has 0 aliphatic heterocycles. The molecule has 0 spiro atoms. The maximum Gasteiger partial charge on any atom is 0.307 e. The van der Waals surface area contributed by atoms with Crippen LogP contribution in [0.1, 0.15) is 19.3 Å². The van der Waals surface area contributed by atoms with Gasteiger partial charge in [0.15, 0.2) is 0 Å². The topological polar surface area (TPSA) is 82.1 Å². The molecule has 0 aliphatic carbocycles. The average molecular weight is 236 g/mol. The Morgan fingerprint density at radius 1 is 1.00 bits per heavy atom. The molecule has 0 aromatic carbocycles. The second kappa shape index (κ2) is 13.9. The Morgan fingerprint density at radius 2 is 1.56 bits per heavy atom. The van der Waals surface area contributed by atoms with Gasteiger partial charge in [0.05, 0.1) is 20.1 Å². The molecule has 0 aromatic rings. The molecule has 6 heteroatoms. The van der Waals surface area contributed by atoms with E-state index in [1.807, 2.05) is 0 Å². The summed E-state index contributed by atoms with van der Waals surface area (Å²) in [5.41, 5.74) is 0. The Morgan fingerprint density at radius 3 is 1.94 bits per heavy atom. The first-order chi connectivity index (χ1) is 7.58. The smallest absolute Gasteiger partial charge is 0.307 e. The quantitative estimate of drug-likeness (QED) is 0.517. The fourth-order valence-electron chi connectivity index (χ4n) is 0.655. The van der Waals surface area contributed by atoms with Crippen molar-refractivity contribution in [1.82, 2.24) is 0 Å². The second-order valence-electron chi connectivity index (χ2n) is 2.81. The first kappa shape index (κ1) is 17.3. The van der Waals surface area contributed by atoms with E-state index in [-0.39, 0.29) is 12.4 Å². The zero-order valence-electron chi connectivity index (χ0n) is 10.0. The highest BCUT2D eigenvalue weighted by atomic mass is 16.5. The summed E-state index contributed by atoms with van der Waals surface area (Å²) in [7, 11) is 4.46. The molecule has 0 amide bonds. The van der Waals surface area contributed by atoms with Crippen LogP contribution in [0.3, 0.4) is 0 Å². The van der Waals surface area contributed by atoms with E-state index in [0.717, 1.165) is 0 Å². The van der Waals surface area contributed by atoms with Crippen LogP contribution in [-0.2, 0) is 23.8 Å². The van der Waals surface area contributed by atoms with Gasteiger partial charge in [0.25, 0.3) is 0 Å². The van der Waals surface area contributed by atoms with Crippen LogP contribution in [-0.4, -0.2) is 51.6 Å². The van der Waals surface area contributed by atoms with Crippen LogP contribution < -0.4 is 0 Å². The summed E-state index contributed by atoms with van der Waals surface area (Å²) in [6, 6.07) is 0. The zero-order chi connectivity index (χ0) is 12.8. The molecule has 96 valence electrons. The van der Waals surface area contributed by atoms with Gasteiger partial charge < -0.3 is 19.3 Å². The van der Waals surface area contributed by atoms with E-state index in [1.165, 1.54) is 7.11 Å². The summed E-state index contributed by atoms with van der Waals surface area (Å²) >= 11 is 0. The Balaban J connectivity index is 0. The van der Waals surface area contributed by atoms with Crippen molar-refractivity contribution in [2.45, 2.75) is 19.3 Å². The summed E-state index contributed by atoms with van der Waals surface area (Å²) in [5.74, 6) is -0.992. The number of carboxylic acids is 1. The van der Waals surface area contributed by atoms with Gasteiger partial charge in [-0.25, -0.2) is 0 Å². The monoisotopic (exact) mass is 236 g/mol. The molecule has 0 heterocycles. The van der Waals surface area contributed by atoms with Crippen molar-refractivity contribution < 1.29 is 28.9 Å². The summed E-state index contributed by atoms with van der Waals surface area (Å²) in [5, 5.41) is 8.08. The lowest BCUT2D eigenvalue weighted by Gasteiger charge is -1.94. The fraction of sp³-hybridized carbons (Fsp3) is 0.800. The first-order valence-electron chi connectivity index (χ1n) is 4.85. The van der Waals surface area contributed by atoms with Crippen LogP contribution in [0.25, 0.3) is 0 Å². The van der Waals surface area contributed by atoms with Crippen molar-refractivity contribution in [2.75, 3.05) is 34.5 Å². The predicted octanol–water partition coefficient (Wildman–Crippen LogP) is 0.693. The second-order valence-corrected chi connectivity index (χ2v) is 2.81. The van der Waals surface area contributed by atoms with Gasteiger partial charge in [-0.2, -0.15) is 0 Å². The van der Waals surface area contributed by atoms with Crippen molar-refractivity contribution in [3.05, 3.63) is 0 Å². The fourth-order valence-corrected chi connectivity index (χ4v) is 0.655. The number of hydrogen-bond donors (Lipinski definition) is 1. The van der Waals surface area contributed by atoms with Gasteiger partial charge in [-0.15, -0.1) is 0 Å². The molecule has 0 radical (unpaired) electrons. The number of ether oxygens (including phenoxy) is 3. The van der Waals surface area contributed by atoms with Gasteiger partial charge in [-0.05, 0) is 6.42 Å². The summed E-state index contributed by atoms with van der Waals surface area (Å²) in [6.45, 7) is 0.971. The third kappa shape index (κ3) is 18.6. The van der Waals surface area contributed by atoms with Gasteiger partial charge >= 0.3 is 11.9 Å². The number of hydrogen-bond acceptors (Lipinski definition) is 5. The predicted molar refractivity (Wildman–Crippen MR) is 57.3 cm³/mol. The highest BCUT2D eigenvalue weighted by molar-refractivity contribution is 5.69. The third-order valence-corrected chi connectivity index (χ3v) is 1.48. The minimum atomic E-state index is -0.762. The van der Waals surface area contributed by atoms with Crippen molar-refractivity contribution in [3.63, 3.8) is 0 Å². The molecular formula is C10H20O6. The lowest BCUT2D eigenvalue weighted by atomic mass is 10.3. The van der Waals surface area contributed by atoms with Crippen LogP contribution in [0.4, 0.5) is 0 Å². The summed E-state index contributed by atoms with van der Waals surface area (Å²) < 4.78 is 13.6. The molecule has 0 atom stereocenters. The van der Waals surface area contributed by atoms with Crippen LogP contribution in [0, 0.1) is 0 Å². The Kier molecular flexibility index (Phi) is 15.0. The lowest BCUT2D eigenvalue weighted by molar-refractivity contribution is -0.141. The Bertz CT molecular complexity index is 180. The van der Waals surface area contributed by atoms with Crippen LogP contribution in [0.15, 0.2) is 0 Å². The summed E-state index contributed by atoms with van der Waals surface area (Å²) in [4.78, 5) is 20.1. The van der Waals surface area contributed by atoms with E-state index >= 15 is 0 Å². The maximum atomic E-state index is 10.3. The standard InChI is InChI=1S/2C5H10O3/c1-7-4-3-5(6)8-2;1-8-4-2-3-5(6)7/h3-4H2,1-2H3;2-4H2,1H3,(H,6,7). The molecule has 0 saturated carbocycles. The van der Waals surface area contributed by atoms with Crippen LogP contribution >= 0.6 is 0 Å². The zero-order valence-corrected chi connectivity index (χ0v) is 10.0. The minimum Gasteiger partial charge on any atom is -0.481 e. The number of esters is 1. The average Bonchev–Trinajstić information content (AvgIpc) is 2.26. The molecular weight excluding hydrogens is 216 g/mol. The number of carbonyl (C=O) groups is 2. The van der Waals surface area contributed by atoms with Gasteiger partial charge in [-0.1, -0.05) is 0 Å². The Labute approximate surface area is 95.5 Å². The van der Waals surface area contributed by atoms with Crippen LogP contribution in [0.2, 0.25) is 0 Å². The number of aliphatic carboxylic acids is 1. The lowest BCUT2D eigenvalue weighted by Crippen LogP contribution is -2.03. The number of carboxylic acid groups (broad SMARTS) is 1. The van der Waals surface area contributed by atoms with E-state index in [9.17, 15) is 9.59 Å². The molecule has 0 bridgehead atoms. The first-order valence-corrected chi connectivity index (χ1v) is 4.85. The molecule has 16 heavy (non-hydrogen) atoms. The maximum absolute atomic E-state index is 10.3. The molecule has 0 saturated heterocycles. The third-order valence-electron chi connectivity index (χ3n) is 1.48. The SMILES string of the molecule is COCCC(=O)OC.COCCCC(=O)O. The van der Waals surface area contributed by atoms with E-state index in [1.54, 1.807) is 14.2 Å². The highest BCUT2D eigenvalue weighted by Gasteiger charge is 1.95. The van der Waals surface area contributed by atoms with E-state index in [2.05, 4.69) is 14.2 Å². The molecule has 0 aromatic heterocycles. The molecule has 0 rings (SSSR count). The summed E-state index contributed by atoms with van der Waals surface area (Å²) in [6.07, 6.45) is 1.15. The Hall–Kier alpha value is -1.14. The number of methoxy groups -OCH3 is 3. The molecule has 0 unspecified atom stereocenters. The molecule has 0 aliphatic rings. The van der Waals surface area contributed by atoms with Crippen molar-refractivity contribution in [2.24, 2.45) is 0 Å². The van der Waals surface area contributed by atoms with Gasteiger partial charge in [-0.3, -0.25) is 9.59 Å². The highest BCUT2D eigenvalue weighted by Crippen LogP contribution is 1.86. The largest absolute Gasteiger partial charge is 0.481 e. The van der Waals surface area contributed by atoms with Gasteiger partial charge in [0.1, 0.15) is 0 Å². The van der Waals surface area contributed by atoms with Gasteiger partial charge in [0, 0.05) is 27.2 Å². The normalized spacial score (nSPS) is 8.94.